The third-order valence-electron chi connectivity index (χ3n) is 5.89. The Labute approximate surface area is 196 Å². The van der Waals surface area contributed by atoms with Gasteiger partial charge in [-0.2, -0.15) is 11.8 Å². The Balaban J connectivity index is 1.26. The number of thioether (sulfide) groups is 1. The van der Waals surface area contributed by atoms with Crippen LogP contribution >= 0.6 is 23.1 Å². The lowest BCUT2D eigenvalue weighted by Gasteiger charge is -2.25. The molecule has 3 aromatic rings. The number of aromatic nitrogens is 2. The van der Waals surface area contributed by atoms with E-state index in [-0.39, 0.29) is 17.5 Å². The van der Waals surface area contributed by atoms with Crippen LogP contribution in [0.4, 0.5) is 0 Å². The summed E-state index contributed by atoms with van der Waals surface area (Å²) in [6.45, 7) is 0.578. The fraction of sp³-hybridized carbons (Fsp3) is 0.458. The quantitative estimate of drug-likeness (QED) is 0.464. The van der Waals surface area contributed by atoms with Crippen molar-refractivity contribution in [2.45, 2.75) is 43.9 Å². The number of amides is 1. The summed E-state index contributed by atoms with van der Waals surface area (Å²) in [6, 6.07) is 10.4. The number of fused-ring (bicyclic) bond motifs is 3. The zero-order chi connectivity index (χ0) is 22.5. The highest BCUT2D eigenvalue weighted by molar-refractivity contribution is 7.98. The van der Waals surface area contributed by atoms with Crippen molar-refractivity contribution in [3.63, 3.8) is 0 Å². The molecule has 1 aliphatic carbocycles. The van der Waals surface area contributed by atoms with E-state index in [1.54, 1.807) is 23.1 Å². The van der Waals surface area contributed by atoms with E-state index in [1.807, 2.05) is 32.3 Å². The molecule has 1 atom stereocenters. The second-order valence-electron chi connectivity index (χ2n) is 8.40. The number of nitrogens with zero attached hydrogens (tertiary/aromatic N) is 2. The van der Waals surface area contributed by atoms with Crippen LogP contribution < -0.4 is 10.9 Å². The lowest BCUT2D eigenvalue weighted by atomic mass is 9.97. The van der Waals surface area contributed by atoms with Gasteiger partial charge in [-0.3, -0.25) is 9.59 Å². The average Bonchev–Trinajstić information content (AvgIpc) is 3.16. The molecule has 0 radical (unpaired) electrons. The highest BCUT2D eigenvalue weighted by Gasteiger charge is 2.20. The molecule has 8 heteroatoms. The van der Waals surface area contributed by atoms with Gasteiger partial charge in [-0.1, -0.05) is 30.3 Å². The Morgan fingerprint density at radius 2 is 2.03 bits per heavy atom. The molecule has 6 nitrogen and oxygen atoms in total. The third kappa shape index (κ3) is 5.42. The summed E-state index contributed by atoms with van der Waals surface area (Å²) in [5, 5.41) is 3.85. The standard InChI is InChI=1S/C24H30N4O2S2/c1-28(2)18(16-8-4-3-5-9-16)14-25-21(29)12-13-31-15-20-26-23(30)22-17-10-6-7-11-19(17)32-24(22)27-20/h3-5,8-9,18H,6-7,10-15H2,1-2H3,(H,25,29)(H,26,27,30). The van der Waals surface area contributed by atoms with Crippen LogP contribution in [0.25, 0.3) is 10.2 Å². The molecule has 0 saturated carbocycles. The molecular weight excluding hydrogens is 440 g/mol. The molecule has 2 N–H and O–H groups in total. The van der Waals surface area contributed by atoms with Crippen molar-refractivity contribution in [1.82, 2.24) is 20.2 Å². The topological polar surface area (TPSA) is 78.1 Å². The lowest BCUT2D eigenvalue weighted by molar-refractivity contribution is -0.120. The molecule has 0 aliphatic heterocycles. The highest BCUT2D eigenvalue weighted by Crippen LogP contribution is 2.33. The largest absolute Gasteiger partial charge is 0.354 e. The van der Waals surface area contributed by atoms with E-state index < -0.39 is 0 Å². The van der Waals surface area contributed by atoms with Crippen LogP contribution in [-0.4, -0.2) is 47.2 Å². The predicted octanol–water partition coefficient (Wildman–Crippen LogP) is 3.91. The maximum Gasteiger partial charge on any atom is 0.259 e. The lowest BCUT2D eigenvalue weighted by Crippen LogP contribution is -2.34. The minimum atomic E-state index is -0.0154. The van der Waals surface area contributed by atoms with Gasteiger partial charge in [0.1, 0.15) is 10.7 Å². The maximum absolute atomic E-state index is 12.6. The smallest absolute Gasteiger partial charge is 0.259 e. The molecule has 1 amide bonds. The minimum Gasteiger partial charge on any atom is -0.354 e. The van der Waals surface area contributed by atoms with Gasteiger partial charge in [-0.15, -0.1) is 11.3 Å². The van der Waals surface area contributed by atoms with Gasteiger partial charge in [0.2, 0.25) is 5.91 Å². The highest BCUT2D eigenvalue weighted by atomic mass is 32.2. The molecule has 2 aromatic heterocycles. The van der Waals surface area contributed by atoms with Gasteiger partial charge < -0.3 is 15.2 Å². The number of hydrogen-bond donors (Lipinski definition) is 2. The van der Waals surface area contributed by atoms with Gasteiger partial charge in [0.05, 0.1) is 17.2 Å². The fourth-order valence-corrected chi connectivity index (χ4v) is 6.27. The van der Waals surface area contributed by atoms with Crippen molar-refractivity contribution in [2.24, 2.45) is 0 Å². The van der Waals surface area contributed by atoms with Crippen molar-refractivity contribution < 1.29 is 4.79 Å². The number of thiophene rings is 1. The maximum atomic E-state index is 12.6. The second-order valence-corrected chi connectivity index (χ2v) is 10.6. The van der Waals surface area contributed by atoms with Crippen molar-refractivity contribution in [1.29, 1.82) is 0 Å². The first-order valence-electron chi connectivity index (χ1n) is 11.1. The molecule has 2 heterocycles. The van der Waals surface area contributed by atoms with E-state index in [0.29, 0.717) is 30.3 Å². The van der Waals surface area contributed by atoms with E-state index >= 15 is 0 Å². The summed E-state index contributed by atoms with van der Waals surface area (Å²) in [7, 11) is 4.04. The van der Waals surface area contributed by atoms with Crippen LogP contribution in [-0.2, 0) is 23.4 Å². The van der Waals surface area contributed by atoms with Crippen LogP contribution in [0.5, 0.6) is 0 Å². The van der Waals surface area contributed by atoms with Crippen molar-refractivity contribution in [3.05, 3.63) is 62.5 Å². The van der Waals surface area contributed by atoms with Crippen LogP contribution in [0.1, 0.15) is 47.1 Å². The first-order valence-corrected chi connectivity index (χ1v) is 13.1. The molecule has 1 aromatic carbocycles. The average molecular weight is 471 g/mol. The molecule has 4 rings (SSSR count). The fourth-order valence-electron chi connectivity index (χ4n) is 4.18. The molecule has 1 unspecified atom stereocenters. The van der Waals surface area contributed by atoms with Crippen molar-refractivity contribution in [3.8, 4) is 0 Å². The molecule has 0 spiro atoms. The number of rotatable bonds is 9. The molecule has 0 fully saturated rings. The summed E-state index contributed by atoms with van der Waals surface area (Å²) in [4.78, 5) is 36.9. The third-order valence-corrected chi connectivity index (χ3v) is 8.04. The molecule has 0 saturated heterocycles. The van der Waals surface area contributed by atoms with E-state index in [1.165, 1.54) is 22.4 Å². The van der Waals surface area contributed by atoms with E-state index in [9.17, 15) is 9.59 Å². The Bertz CT molecular complexity index is 1120. The van der Waals surface area contributed by atoms with Crippen molar-refractivity contribution in [2.75, 3.05) is 26.4 Å². The number of likely N-dealkylation sites (N-methyl/N-ethyl adjacent to an activating group) is 1. The SMILES string of the molecule is CN(C)C(CNC(=O)CCSCc1nc2sc3c(c2c(=O)[nH]1)CCCC3)c1ccccc1. The van der Waals surface area contributed by atoms with E-state index in [2.05, 4.69) is 27.3 Å². The van der Waals surface area contributed by atoms with Gasteiger partial charge >= 0.3 is 0 Å². The Morgan fingerprint density at radius 3 is 2.81 bits per heavy atom. The molecular formula is C24H30N4O2S2. The van der Waals surface area contributed by atoms with Crippen LogP contribution in [0.2, 0.25) is 0 Å². The number of carbonyl (C=O) groups excluding carboxylic acids is 1. The summed E-state index contributed by atoms with van der Waals surface area (Å²) < 4.78 is 0. The number of hydrogen-bond acceptors (Lipinski definition) is 6. The Morgan fingerprint density at radius 1 is 1.25 bits per heavy atom. The molecule has 0 bridgehead atoms. The number of nitrogens with one attached hydrogen (secondary N) is 2. The first-order chi connectivity index (χ1) is 15.5. The van der Waals surface area contributed by atoms with Crippen molar-refractivity contribution >= 4 is 39.2 Å². The Kier molecular flexibility index (Phi) is 7.65. The predicted molar refractivity (Wildman–Crippen MR) is 134 cm³/mol. The zero-order valence-electron chi connectivity index (χ0n) is 18.6. The first kappa shape index (κ1) is 23.0. The monoisotopic (exact) mass is 470 g/mol. The number of aromatic amines is 1. The summed E-state index contributed by atoms with van der Waals surface area (Å²) >= 11 is 3.30. The van der Waals surface area contributed by atoms with Crippen LogP contribution in [0.3, 0.4) is 0 Å². The van der Waals surface area contributed by atoms with Gasteiger partial charge in [0, 0.05) is 23.6 Å². The van der Waals surface area contributed by atoms with Crippen LogP contribution in [0.15, 0.2) is 35.1 Å². The summed E-state index contributed by atoms with van der Waals surface area (Å²) in [5.41, 5.74) is 2.39. The molecule has 170 valence electrons. The number of carbonyl (C=O) groups is 1. The number of H-pyrrole nitrogens is 1. The van der Waals surface area contributed by atoms with Gasteiger partial charge in [-0.05, 0) is 50.9 Å². The number of aryl methyl sites for hydroxylation is 2. The normalized spacial score (nSPS) is 14.5. The molecule has 32 heavy (non-hydrogen) atoms. The van der Waals surface area contributed by atoms with E-state index in [0.717, 1.165) is 29.5 Å². The number of benzene rings is 1. The zero-order valence-corrected chi connectivity index (χ0v) is 20.3. The van der Waals surface area contributed by atoms with Crippen LogP contribution in [0, 0.1) is 0 Å². The van der Waals surface area contributed by atoms with E-state index in [4.69, 9.17) is 4.98 Å². The van der Waals surface area contributed by atoms with Gasteiger partial charge in [0.15, 0.2) is 0 Å². The van der Waals surface area contributed by atoms with Gasteiger partial charge in [0.25, 0.3) is 5.56 Å². The second kappa shape index (κ2) is 10.6. The Hall–Kier alpha value is -2.16. The summed E-state index contributed by atoms with van der Waals surface area (Å²) in [6.07, 6.45) is 4.84. The molecule has 1 aliphatic rings. The summed E-state index contributed by atoms with van der Waals surface area (Å²) in [5.74, 6) is 2.03. The minimum absolute atomic E-state index is 0.0154. The van der Waals surface area contributed by atoms with Gasteiger partial charge in [-0.25, -0.2) is 4.98 Å².